The highest BCUT2D eigenvalue weighted by Gasteiger charge is 2.37. The van der Waals surface area contributed by atoms with E-state index in [2.05, 4.69) is 20.3 Å². The van der Waals surface area contributed by atoms with Crippen molar-refractivity contribution in [3.8, 4) is 17.1 Å². The second-order valence-corrected chi connectivity index (χ2v) is 7.75. The maximum atomic E-state index is 14.6. The number of aromatic nitrogens is 3. The van der Waals surface area contributed by atoms with Gasteiger partial charge in [0.25, 0.3) is 5.91 Å². The molecule has 0 bridgehead atoms. The lowest BCUT2D eigenvalue weighted by atomic mass is 9.83. The fraction of sp³-hybridized carbons (Fsp3) is 0.304. The number of pyridine rings is 3. The number of carbonyl (C=O) groups is 1. The Morgan fingerprint density at radius 1 is 1.09 bits per heavy atom. The Balaban J connectivity index is 1.76. The van der Waals surface area contributed by atoms with Crippen LogP contribution in [0.15, 0.2) is 42.9 Å². The van der Waals surface area contributed by atoms with Crippen LogP contribution in [0.4, 0.5) is 23.2 Å². The number of rotatable bonds is 5. The zero-order chi connectivity index (χ0) is 23.6. The molecule has 0 atom stereocenters. The second kappa shape index (κ2) is 9.13. The highest BCUT2D eigenvalue weighted by Crippen LogP contribution is 2.44. The van der Waals surface area contributed by atoms with E-state index in [1.165, 1.54) is 37.7 Å². The second-order valence-electron chi connectivity index (χ2n) is 7.75. The van der Waals surface area contributed by atoms with Gasteiger partial charge in [-0.25, -0.2) is 22.5 Å². The molecule has 10 heteroatoms. The number of nitrogens with one attached hydrogen (secondary N) is 1. The van der Waals surface area contributed by atoms with Gasteiger partial charge >= 0.3 is 0 Å². The van der Waals surface area contributed by atoms with Gasteiger partial charge in [0.05, 0.1) is 24.1 Å². The van der Waals surface area contributed by atoms with Gasteiger partial charge in [0.1, 0.15) is 11.5 Å². The molecule has 3 heterocycles. The number of carbonyl (C=O) groups excluding carboxylic acids is 1. The summed E-state index contributed by atoms with van der Waals surface area (Å²) in [4.78, 5) is 25.1. The Labute approximate surface area is 187 Å². The summed E-state index contributed by atoms with van der Waals surface area (Å²) in [5.41, 5.74) is 0.600. The summed E-state index contributed by atoms with van der Waals surface area (Å²) in [6, 6.07) is 5.08. The van der Waals surface area contributed by atoms with Crippen molar-refractivity contribution in [2.24, 2.45) is 0 Å². The van der Waals surface area contributed by atoms with Crippen molar-refractivity contribution in [3.05, 3.63) is 65.7 Å². The molecule has 0 radical (unpaired) electrons. The van der Waals surface area contributed by atoms with E-state index in [1.807, 2.05) is 0 Å². The van der Waals surface area contributed by atoms with Crippen LogP contribution in [0.25, 0.3) is 11.3 Å². The highest BCUT2D eigenvalue weighted by atomic mass is 19.3. The van der Waals surface area contributed by atoms with Gasteiger partial charge in [-0.3, -0.25) is 14.8 Å². The van der Waals surface area contributed by atoms with E-state index in [1.54, 1.807) is 0 Å². The van der Waals surface area contributed by atoms with Crippen molar-refractivity contribution >= 4 is 11.6 Å². The summed E-state index contributed by atoms with van der Waals surface area (Å²) in [7, 11) is 1.24. The molecule has 0 spiro atoms. The number of anilines is 1. The van der Waals surface area contributed by atoms with Crippen LogP contribution in [0.2, 0.25) is 0 Å². The molecule has 3 aromatic heterocycles. The Morgan fingerprint density at radius 3 is 2.52 bits per heavy atom. The first-order valence-electron chi connectivity index (χ1n) is 10.3. The number of amides is 1. The topological polar surface area (TPSA) is 77.0 Å². The lowest BCUT2D eigenvalue weighted by Gasteiger charge is -2.29. The van der Waals surface area contributed by atoms with Gasteiger partial charge in [0.15, 0.2) is 5.82 Å². The van der Waals surface area contributed by atoms with E-state index in [0.29, 0.717) is 5.69 Å². The SMILES string of the molecule is COc1ncc(C(=O)Nc2c(-c3ncccc3F)ccnc2C2CCC(F)(F)CC2)cc1F. The van der Waals surface area contributed by atoms with E-state index in [0.717, 1.165) is 12.3 Å². The number of alkyl halides is 2. The van der Waals surface area contributed by atoms with Gasteiger partial charge in [0, 0.05) is 42.9 Å². The summed E-state index contributed by atoms with van der Waals surface area (Å²) < 4.78 is 60.8. The highest BCUT2D eigenvalue weighted by molar-refractivity contribution is 6.06. The number of methoxy groups -OCH3 is 1. The number of hydrogen-bond donors (Lipinski definition) is 1. The van der Waals surface area contributed by atoms with Gasteiger partial charge in [0.2, 0.25) is 11.8 Å². The fourth-order valence-corrected chi connectivity index (χ4v) is 3.90. The third-order valence-electron chi connectivity index (χ3n) is 5.60. The third-order valence-corrected chi connectivity index (χ3v) is 5.60. The molecule has 1 fully saturated rings. The maximum absolute atomic E-state index is 14.6. The molecule has 1 N–H and O–H groups in total. The number of halogens is 4. The molecule has 1 aliphatic carbocycles. The molecule has 1 saturated carbocycles. The Bertz CT molecular complexity index is 1180. The van der Waals surface area contributed by atoms with E-state index < -0.39 is 23.5 Å². The van der Waals surface area contributed by atoms with Crippen LogP contribution < -0.4 is 10.1 Å². The molecule has 0 aliphatic heterocycles. The fourth-order valence-electron chi connectivity index (χ4n) is 3.90. The molecule has 6 nitrogen and oxygen atoms in total. The molecule has 172 valence electrons. The first-order chi connectivity index (χ1) is 15.8. The predicted octanol–water partition coefficient (Wildman–Crippen LogP) is 5.37. The van der Waals surface area contributed by atoms with Gasteiger partial charge in [-0.15, -0.1) is 0 Å². The van der Waals surface area contributed by atoms with E-state index in [4.69, 9.17) is 4.74 Å². The van der Waals surface area contributed by atoms with Crippen molar-refractivity contribution < 1.29 is 27.1 Å². The van der Waals surface area contributed by atoms with Crippen LogP contribution in [0.5, 0.6) is 5.88 Å². The minimum Gasteiger partial charge on any atom is -0.479 e. The first kappa shape index (κ1) is 22.6. The van der Waals surface area contributed by atoms with Crippen molar-refractivity contribution in [2.75, 3.05) is 12.4 Å². The van der Waals surface area contributed by atoms with Gasteiger partial charge < -0.3 is 10.1 Å². The first-order valence-corrected chi connectivity index (χ1v) is 10.3. The molecule has 1 aliphatic rings. The van der Waals surface area contributed by atoms with Crippen LogP contribution in [-0.2, 0) is 0 Å². The zero-order valence-corrected chi connectivity index (χ0v) is 17.6. The van der Waals surface area contributed by atoms with E-state index in [-0.39, 0.29) is 60.0 Å². The summed E-state index contributed by atoms with van der Waals surface area (Å²) in [6.45, 7) is 0. The van der Waals surface area contributed by atoms with Crippen LogP contribution in [-0.4, -0.2) is 33.9 Å². The van der Waals surface area contributed by atoms with Crippen molar-refractivity contribution in [3.63, 3.8) is 0 Å². The lowest BCUT2D eigenvalue weighted by molar-refractivity contribution is -0.0384. The number of hydrogen-bond acceptors (Lipinski definition) is 5. The smallest absolute Gasteiger partial charge is 0.257 e. The summed E-state index contributed by atoms with van der Waals surface area (Å²) in [5.74, 6) is -5.58. The largest absolute Gasteiger partial charge is 0.479 e. The van der Waals surface area contributed by atoms with Gasteiger partial charge in [-0.05, 0) is 37.1 Å². The summed E-state index contributed by atoms with van der Waals surface area (Å²) >= 11 is 0. The van der Waals surface area contributed by atoms with Crippen molar-refractivity contribution in [1.82, 2.24) is 15.0 Å². The quantitative estimate of drug-likeness (QED) is 0.518. The minimum absolute atomic E-state index is 0.0309. The molecule has 1 amide bonds. The average molecular weight is 460 g/mol. The maximum Gasteiger partial charge on any atom is 0.257 e. The summed E-state index contributed by atoms with van der Waals surface area (Å²) in [6.07, 6.45) is 3.62. The van der Waals surface area contributed by atoms with Gasteiger partial charge in [-0.1, -0.05) is 0 Å². The zero-order valence-electron chi connectivity index (χ0n) is 17.6. The van der Waals surface area contributed by atoms with E-state index in [9.17, 15) is 22.4 Å². The molecule has 33 heavy (non-hydrogen) atoms. The minimum atomic E-state index is -2.75. The van der Waals surface area contributed by atoms with Gasteiger partial charge in [-0.2, -0.15) is 0 Å². The van der Waals surface area contributed by atoms with Crippen LogP contribution >= 0.6 is 0 Å². The lowest BCUT2D eigenvalue weighted by Crippen LogP contribution is -2.25. The Hall–Kier alpha value is -3.56. The van der Waals surface area contributed by atoms with Crippen LogP contribution in [0, 0.1) is 11.6 Å². The Morgan fingerprint density at radius 2 is 1.85 bits per heavy atom. The average Bonchev–Trinajstić information content (AvgIpc) is 2.80. The molecular weight excluding hydrogens is 440 g/mol. The predicted molar refractivity (Wildman–Crippen MR) is 112 cm³/mol. The third kappa shape index (κ3) is 4.79. The normalized spacial score (nSPS) is 15.8. The van der Waals surface area contributed by atoms with Crippen molar-refractivity contribution in [1.29, 1.82) is 0 Å². The summed E-state index contributed by atoms with van der Waals surface area (Å²) in [5, 5.41) is 2.66. The number of nitrogens with zero attached hydrogens (tertiary/aromatic N) is 3. The standard InChI is InChI=1S/C23H20F4N4O2/c1-33-22-17(25)11-14(12-30-22)21(32)31-20-15(19-16(24)3-2-9-28-19)6-10-29-18(20)13-4-7-23(26,27)8-5-13/h2-3,6,9-13H,4-5,7-8H2,1H3,(H,31,32). The van der Waals surface area contributed by atoms with Crippen LogP contribution in [0.1, 0.15) is 47.7 Å². The van der Waals surface area contributed by atoms with Crippen LogP contribution in [0.3, 0.4) is 0 Å². The number of ether oxygens (including phenoxy) is 1. The molecule has 0 aromatic carbocycles. The van der Waals surface area contributed by atoms with Crippen molar-refractivity contribution in [2.45, 2.75) is 37.5 Å². The molecule has 4 rings (SSSR count). The Kier molecular flexibility index (Phi) is 6.26. The van der Waals surface area contributed by atoms with E-state index >= 15 is 0 Å². The monoisotopic (exact) mass is 460 g/mol. The molecule has 0 saturated heterocycles. The molecule has 3 aromatic rings. The molecular formula is C23H20F4N4O2. The molecule has 0 unspecified atom stereocenters.